The summed E-state index contributed by atoms with van der Waals surface area (Å²) in [6.45, 7) is 0.00682. The topological polar surface area (TPSA) is 39.2 Å². The minimum Gasteiger partial charge on any atom is -0.457 e. The number of fused-ring (bicyclic) bond motifs is 1. The molecule has 2 aromatic carbocycles. The van der Waals surface area contributed by atoms with Gasteiger partial charge in [0.1, 0.15) is 17.6 Å². The summed E-state index contributed by atoms with van der Waals surface area (Å²) in [5.41, 5.74) is 1.68. The van der Waals surface area contributed by atoms with Crippen LogP contribution in [0.3, 0.4) is 0 Å². The summed E-state index contributed by atoms with van der Waals surface area (Å²) >= 11 is 6.10. The normalized spacial score (nSPS) is 10.6. The zero-order chi connectivity index (χ0) is 15.5. The van der Waals surface area contributed by atoms with E-state index in [0.717, 1.165) is 10.9 Å². The van der Waals surface area contributed by atoms with E-state index in [4.69, 9.17) is 16.3 Å². The molecule has 0 radical (unpaired) electrons. The van der Waals surface area contributed by atoms with Crippen molar-refractivity contribution >= 4 is 28.5 Å². The third-order valence-corrected chi connectivity index (χ3v) is 3.52. The Hall–Kier alpha value is -2.46. The smallest absolute Gasteiger partial charge is 0.338 e. The first-order valence-electron chi connectivity index (χ1n) is 6.60. The van der Waals surface area contributed by atoms with Crippen molar-refractivity contribution in [2.75, 3.05) is 0 Å². The van der Waals surface area contributed by atoms with Crippen LogP contribution >= 0.6 is 11.6 Å². The number of hydrogen-bond donors (Lipinski definition) is 0. The first-order chi connectivity index (χ1) is 10.6. The fraction of sp³-hybridized carbons (Fsp3) is 0.0588. The van der Waals surface area contributed by atoms with Crippen LogP contribution in [0.1, 0.15) is 15.9 Å². The average molecular weight is 316 g/mol. The van der Waals surface area contributed by atoms with Crippen LogP contribution in [0.2, 0.25) is 5.15 Å². The fourth-order valence-electron chi connectivity index (χ4n) is 2.05. The van der Waals surface area contributed by atoms with Gasteiger partial charge in [0.2, 0.25) is 0 Å². The minimum atomic E-state index is -0.538. The van der Waals surface area contributed by atoms with Gasteiger partial charge in [0, 0.05) is 10.9 Å². The molecule has 0 N–H and O–H groups in total. The van der Waals surface area contributed by atoms with Gasteiger partial charge in [-0.25, -0.2) is 14.2 Å². The number of hydrogen-bond acceptors (Lipinski definition) is 3. The second-order valence-corrected chi connectivity index (χ2v) is 5.07. The van der Waals surface area contributed by atoms with Crippen LogP contribution in [0, 0.1) is 5.82 Å². The predicted molar refractivity (Wildman–Crippen MR) is 82.3 cm³/mol. The number of pyridine rings is 1. The van der Waals surface area contributed by atoms with Gasteiger partial charge < -0.3 is 4.74 Å². The minimum absolute atomic E-state index is 0.00682. The molecule has 1 aromatic heterocycles. The number of nitrogens with zero attached hydrogens (tertiary/aromatic N) is 1. The van der Waals surface area contributed by atoms with Gasteiger partial charge >= 0.3 is 5.97 Å². The molecule has 110 valence electrons. The van der Waals surface area contributed by atoms with Crippen molar-refractivity contribution in [2.45, 2.75) is 6.61 Å². The van der Waals surface area contributed by atoms with Gasteiger partial charge in [-0.2, -0.15) is 0 Å². The van der Waals surface area contributed by atoms with E-state index in [1.165, 1.54) is 24.3 Å². The number of ether oxygens (including phenoxy) is 1. The first kappa shape index (κ1) is 14.5. The van der Waals surface area contributed by atoms with Crippen LogP contribution in [-0.2, 0) is 11.3 Å². The van der Waals surface area contributed by atoms with E-state index in [-0.39, 0.29) is 12.2 Å². The highest BCUT2D eigenvalue weighted by Crippen LogP contribution is 2.21. The Morgan fingerprint density at radius 2 is 1.86 bits per heavy atom. The number of esters is 1. The fourth-order valence-corrected chi connectivity index (χ4v) is 2.25. The molecule has 0 aliphatic rings. The van der Waals surface area contributed by atoms with Crippen LogP contribution in [0.5, 0.6) is 0 Å². The number of carbonyl (C=O) groups excluding carboxylic acids is 1. The molecule has 0 aliphatic heterocycles. The number of benzene rings is 2. The Kier molecular flexibility index (Phi) is 4.02. The molecule has 0 bridgehead atoms. The molecule has 1 heterocycles. The number of rotatable bonds is 3. The van der Waals surface area contributed by atoms with Crippen LogP contribution < -0.4 is 0 Å². The Bertz CT molecular complexity index is 834. The molecule has 0 aliphatic carbocycles. The summed E-state index contributed by atoms with van der Waals surface area (Å²) in [7, 11) is 0. The molecule has 0 fully saturated rings. The Morgan fingerprint density at radius 3 is 2.64 bits per heavy atom. The van der Waals surface area contributed by atoms with E-state index in [2.05, 4.69) is 4.98 Å². The summed E-state index contributed by atoms with van der Waals surface area (Å²) in [6.07, 6.45) is 0. The molecular formula is C17H11ClFNO2. The second kappa shape index (κ2) is 6.12. The highest BCUT2D eigenvalue weighted by Gasteiger charge is 2.10. The third-order valence-electron chi connectivity index (χ3n) is 3.19. The van der Waals surface area contributed by atoms with Crippen LogP contribution in [0.4, 0.5) is 4.39 Å². The standard InChI is InChI=1S/C17H11ClFNO2/c18-16-13(9-12-3-1-2-4-15(12)20-16)10-22-17(21)11-5-7-14(19)8-6-11/h1-9H,10H2. The summed E-state index contributed by atoms with van der Waals surface area (Å²) in [5.74, 6) is -0.942. The van der Waals surface area contributed by atoms with Gasteiger partial charge in [-0.15, -0.1) is 0 Å². The van der Waals surface area contributed by atoms with Gasteiger partial charge in [-0.1, -0.05) is 29.8 Å². The summed E-state index contributed by atoms with van der Waals surface area (Å²) in [6, 6.07) is 14.5. The molecule has 0 atom stereocenters. The Balaban J connectivity index is 1.77. The lowest BCUT2D eigenvalue weighted by molar-refractivity contribution is 0.0472. The van der Waals surface area contributed by atoms with Crippen molar-refractivity contribution in [3.8, 4) is 0 Å². The Labute approximate surface area is 131 Å². The van der Waals surface area contributed by atoms with E-state index in [1.807, 2.05) is 30.3 Å². The van der Waals surface area contributed by atoms with Crippen molar-refractivity contribution in [1.82, 2.24) is 4.98 Å². The molecule has 3 aromatic rings. The zero-order valence-electron chi connectivity index (χ0n) is 11.4. The molecule has 0 unspecified atom stereocenters. The lowest BCUT2D eigenvalue weighted by Gasteiger charge is -2.08. The molecule has 3 nitrogen and oxygen atoms in total. The second-order valence-electron chi connectivity index (χ2n) is 4.71. The maximum atomic E-state index is 12.8. The molecule has 0 saturated carbocycles. The molecule has 0 saturated heterocycles. The summed E-state index contributed by atoms with van der Waals surface area (Å²) in [5, 5.41) is 1.21. The van der Waals surface area contributed by atoms with Crippen LogP contribution in [0.15, 0.2) is 54.6 Å². The maximum Gasteiger partial charge on any atom is 0.338 e. The van der Waals surface area contributed by atoms with Crippen molar-refractivity contribution in [1.29, 1.82) is 0 Å². The largest absolute Gasteiger partial charge is 0.457 e. The van der Waals surface area contributed by atoms with Crippen LogP contribution in [-0.4, -0.2) is 11.0 Å². The lowest BCUT2D eigenvalue weighted by atomic mass is 10.1. The van der Waals surface area contributed by atoms with Crippen molar-refractivity contribution < 1.29 is 13.9 Å². The van der Waals surface area contributed by atoms with Crippen molar-refractivity contribution in [2.24, 2.45) is 0 Å². The van der Waals surface area contributed by atoms with Gasteiger partial charge in [0.15, 0.2) is 0 Å². The molecule has 3 rings (SSSR count). The lowest BCUT2D eigenvalue weighted by Crippen LogP contribution is -2.06. The van der Waals surface area contributed by atoms with E-state index in [9.17, 15) is 9.18 Å². The zero-order valence-corrected chi connectivity index (χ0v) is 12.2. The summed E-state index contributed by atoms with van der Waals surface area (Å²) < 4.78 is 18.0. The number of para-hydroxylation sites is 1. The highest BCUT2D eigenvalue weighted by atomic mass is 35.5. The SMILES string of the molecule is O=C(OCc1cc2ccccc2nc1Cl)c1ccc(F)cc1. The number of aromatic nitrogens is 1. The first-order valence-corrected chi connectivity index (χ1v) is 6.98. The maximum absolute atomic E-state index is 12.8. The predicted octanol–water partition coefficient (Wildman–Crippen LogP) is 4.38. The van der Waals surface area contributed by atoms with Gasteiger partial charge in [-0.05, 0) is 36.4 Å². The number of carbonyl (C=O) groups is 1. The quantitative estimate of drug-likeness (QED) is 0.531. The molecule has 0 amide bonds. The van der Waals surface area contributed by atoms with E-state index < -0.39 is 11.8 Å². The Morgan fingerprint density at radius 1 is 1.14 bits per heavy atom. The third kappa shape index (κ3) is 3.07. The monoisotopic (exact) mass is 315 g/mol. The van der Waals surface area contributed by atoms with Gasteiger partial charge in [0.05, 0.1) is 11.1 Å². The van der Waals surface area contributed by atoms with E-state index in [0.29, 0.717) is 10.7 Å². The molecule has 22 heavy (non-hydrogen) atoms. The number of halogens is 2. The summed E-state index contributed by atoms with van der Waals surface area (Å²) in [4.78, 5) is 16.2. The van der Waals surface area contributed by atoms with Crippen LogP contribution in [0.25, 0.3) is 10.9 Å². The molecule has 0 spiro atoms. The highest BCUT2D eigenvalue weighted by molar-refractivity contribution is 6.30. The van der Waals surface area contributed by atoms with E-state index in [1.54, 1.807) is 0 Å². The molecular weight excluding hydrogens is 305 g/mol. The van der Waals surface area contributed by atoms with E-state index >= 15 is 0 Å². The van der Waals surface area contributed by atoms with Crippen molar-refractivity contribution in [3.05, 3.63) is 76.7 Å². The molecule has 5 heteroatoms. The van der Waals surface area contributed by atoms with Gasteiger partial charge in [0.25, 0.3) is 0 Å². The van der Waals surface area contributed by atoms with Gasteiger partial charge in [-0.3, -0.25) is 0 Å². The van der Waals surface area contributed by atoms with Crippen molar-refractivity contribution in [3.63, 3.8) is 0 Å². The average Bonchev–Trinajstić information content (AvgIpc) is 2.53.